The highest BCUT2D eigenvalue weighted by atomic mass is 16.5. The predicted octanol–water partition coefficient (Wildman–Crippen LogP) is 0.498. The highest BCUT2D eigenvalue weighted by molar-refractivity contribution is 5.92. The molecule has 1 saturated heterocycles. The smallest absolute Gasteiger partial charge is 0.274 e. The Morgan fingerprint density at radius 3 is 2.61 bits per heavy atom. The predicted molar refractivity (Wildman–Crippen MR) is 81.7 cm³/mol. The molecule has 1 saturated carbocycles. The second-order valence-corrected chi connectivity index (χ2v) is 6.54. The zero-order chi connectivity index (χ0) is 15.8. The summed E-state index contributed by atoms with van der Waals surface area (Å²) in [7, 11) is 0. The molecule has 0 spiro atoms. The van der Waals surface area contributed by atoms with Crippen LogP contribution in [0.3, 0.4) is 0 Å². The summed E-state index contributed by atoms with van der Waals surface area (Å²) in [5.41, 5.74) is 1.45. The standard InChI is InChI=1S/C16H22N4O3/c21-15(12-2-3-12)19-4-1-5-20-13(11-19)10-14(17-20)16(22)18-6-8-23-9-7-18/h10,12H,1-9,11H2. The fraction of sp³-hybridized carbons (Fsp3) is 0.688. The first-order chi connectivity index (χ1) is 11.2. The van der Waals surface area contributed by atoms with Crippen LogP contribution >= 0.6 is 0 Å². The number of rotatable bonds is 2. The largest absolute Gasteiger partial charge is 0.378 e. The van der Waals surface area contributed by atoms with Crippen molar-refractivity contribution in [1.29, 1.82) is 0 Å². The van der Waals surface area contributed by atoms with Crippen molar-refractivity contribution in [3.63, 3.8) is 0 Å². The van der Waals surface area contributed by atoms with Gasteiger partial charge in [0.2, 0.25) is 5.91 Å². The van der Waals surface area contributed by atoms with Gasteiger partial charge in [0, 0.05) is 32.1 Å². The summed E-state index contributed by atoms with van der Waals surface area (Å²) in [4.78, 5) is 28.6. The molecule has 124 valence electrons. The van der Waals surface area contributed by atoms with Crippen molar-refractivity contribution >= 4 is 11.8 Å². The molecule has 1 aromatic rings. The van der Waals surface area contributed by atoms with E-state index in [0.29, 0.717) is 38.5 Å². The highest BCUT2D eigenvalue weighted by Crippen LogP contribution is 2.32. The normalized spacial score (nSPS) is 21.7. The molecule has 0 bridgehead atoms. The zero-order valence-corrected chi connectivity index (χ0v) is 13.2. The molecule has 7 nitrogen and oxygen atoms in total. The second-order valence-electron chi connectivity index (χ2n) is 6.54. The van der Waals surface area contributed by atoms with E-state index in [4.69, 9.17) is 4.74 Å². The minimum absolute atomic E-state index is 0.0334. The first-order valence-electron chi connectivity index (χ1n) is 8.45. The van der Waals surface area contributed by atoms with Crippen molar-refractivity contribution in [3.05, 3.63) is 17.5 Å². The number of hydrogen-bond donors (Lipinski definition) is 0. The number of nitrogens with zero attached hydrogens (tertiary/aromatic N) is 4. The van der Waals surface area contributed by atoms with Crippen LogP contribution in [0.4, 0.5) is 0 Å². The molecule has 0 radical (unpaired) electrons. The third-order valence-corrected chi connectivity index (χ3v) is 4.77. The van der Waals surface area contributed by atoms with Crippen LogP contribution < -0.4 is 0 Å². The molecule has 3 aliphatic rings. The van der Waals surface area contributed by atoms with Crippen LogP contribution in [-0.4, -0.2) is 64.2 Å². The first-order valence-corrected chi connectivity index (χ1v) is 8.45. The number of carbonyl (C=O) groups is 2. The van der Waals surface area contributed by atoms with Gasteiger partial charge in [-0.05, 0) is 25.3 Å². The first kappa shape index (κ1) is 14.7. The van der Waals surface area contributed by atoms with Gasteiger partial charge < -0.3 is 14.5 Å². The number of aromatic nitrogens is 2. The lowest BCUT2D eigenvalue weighted by molar-refractivity contribution is -0.133. The minimum Gasteiger partial charge on any atom is -0.378 e. The van der Waals surface area contributed by atoms with Gasteiger partial charge in [-0.15, -0.1) is 0 Å². The van der Waals surface area contributed by atoms with Gasteiger partial charge in [-0.25, -0.2) is 0 Å². The van der Waals surface area contributed by atoms with Crippen molar-refractivity contribution in [3.8, 4) is 0 Å². The summed E-state index contributed by atoms with van der Waals surface area (Å²) in [6.07, 6.45) is 2.93. The Morgan fingerprint density at radius 1 is 1.09 bits per heavy atom. The number of ether oxygens (including phenoxy) is 1. The van der Waals surface area contributed by atoms with E-state index in [-0.39, 0.29) is 17.7 Å². The second kappa shape index (κ2) is 5.96. The topological polar surface area (TPSA) is 67.7 Å². The van der Waals surface area contributed by atoms with E-state index >= 15 is 0 Å². The molecule has 0 atom stereocenters. The summed E-state index contributed by atoms with van der Waals surface area (Å²) in [5.74, 6) is 0.466. The van der Waals surface area contributed by atoms with Gasteiger partial charge >= 0.3 is 0 Å². The van der Waals surface area contributed by atoms with E-state index in [1.54, 1.807) is 4.90 Å². The number of morpholine rings is 1. The van der Waals surface area contributed by atoms with E-state index in [1.807, 2.05) is 15.6 Å². The zero-order valence-electron chi connectivity index (χ0n) is 13.2. The average Bonchev–Trinajstić information content (AvgIpc) is 3.38. The van der Waals surface area contributed by atoms with Crippen molar-refractivity contribution in [2.75, 3.05) is 32.8 Å². The van der Waals surface area contributed by atoms with Crippen LogP contribution in [0.1, 0.15) is 35.4 Å². The summed E-state index contributed by atoms with van der Waals surface area (Å²) in [6, 6.07) is 1.86. The van der Waals surface area contributed by atoms with Crippen LogP contribution in [0.15, 0.2) is 6.07 Å². The van der Waals surface area contributed by atoms with Gasteiger partial charge in [-0.1, -0.05) is 0 Å². The number of amides is 2. The molecule has 1 aliphatic carbocycles. The van der Waals surface area contributed by atoms with Crippen LogP contribution in [0, 0.1) is 5.92 Å². The maximum Gasteiger partial charge on any atom is 0.274 e. The van der Waals surface area contributed by atoms with Crippen LogP contribution in [-0.2, 0) is 22.6 Å². The van der Waals surface area contributed by atoms with Gasteiger partial charge in [-0.2, -0.15) is 5.10 Å². The van der Waals surface area contributed by atoms with E-state index in [1.165, 1.54) is 0 Å². The number of hydrogen-bond acceptors (Lipinski definition) is 4. The van der Waals surface area contributed by atoms with Gasteiger partial charge in [0.1, 0.15) is 0 Å². The van der Waals surface area contributed by atoms with Gasteiger partial charge in [-0.3, -0.25) is 14.3 Å². The third-order valence-electron chi connectivity index (χ3n) is 4.77. The fourth-order valence-electron chi connectivity index (χ4n) is 3.27. The molecule has 3 heterocycles. The van der Waals surface area contributed by atoms with Gasteiger partial charge in [0.15, 0.2) is 5.69 Å². The number of carbonyl (C=O) groups excluding carboxylic acids is 2. The monoisotopic (exact) mass is 318 g/mol. The Balaban J connectivity index is 1.51. The maximum atomic E-state index is 12.6. The van der Waals surface area contributed by atoms with E-state index < -0.39 is 0 Å². The quantitative estimate of drug-likeness (QED) is 0.796. The average molecular weight is 318 g/mol. The molecule has 0 unspecified atom stereocenters. The number of aryl methyl sites for hydroxylation is 1. The Kier molecular flexibility index (Phi) is 3.80. The van der Waals surface area contributed by atoms with E-state index in [0.717, 1.165) is 38.0 Å². The fourth-order valence-corrected chi connectivity index (χ4v) is 3.27. The SMILES string of the molecule is O=C(c1cc2n(n1)CCCN(C(=O)C1CC1)C2)N1CCOCC1. The van der Waals surface area contributed by atoms with Gasteiger partial charge in [0.25, 0.3) is 5.91 Å². The van der Waals surface area contributed by atoms with Gasteiger partial charge in [0.05, 0.1) is 25.5 Å². The Morgan fingerprint density at radius 2 is 1.87 bits per heavy atom. The summed E-state index contributed by atoms with van der Waals surface area (Å²) in [5, 5.41) is 4.49. The van der Waals surface area contributed by atoms with Crippen molar-refractivity contribution in [2.24, 2.45) is 5.92 Å². The van der Waals surface area contributed by atoms with Crippen molar-refractivity contribution in [1.82, 2.24) is 19.6 Å². The lowest BCUT2D eigenvalue weighted by Crippen LogP contribution is -2.40. The third kappa shape index (κ3) is 2.97. The van der Waals surface area contributed by atoms with E-state index in [9.17, 15) is 9.59 Å². The Bertz CT molecular complexity index is 617. The molecule has 7 heteroatoms. The van der Waals surface area contributed by atoms with Crippen LogP contribution in [0.5, 0.6) is 0 Å². The molecular weight excluding hydrogens is 296 g/mol. The van der Waals surface area contributed by atoms with Crippen molar-refractivity contribution < 1.29 is 14.3 Å². The molecule has 23 heavy (non-hydrogen) atoms. The minimum atomic E-state index is -0.0334. The van der Waals surface area contributed by atoms with Crippen LogP contribution in [0.25, 0.3) is 0 Å². The summed E-state index contributed by atoms with van der Waals surface area (Å²) >= 11 is 0. The summed E-state index contributed by atoms with van der Waals surface area (Å²) < 4.78 is 7.19. The molecule has 0 aromatic carbocycles. The summed E-state index contributed by atoms with van der Waals surface area (Å²) in [6.45, 7) is 4.52. The molecule has 2 aliphatic heterocycles. The van der Waals surface area contributed by atoms with Crippen molar-refractivity contribution in [2.45, 2.75) is 32.4 Å². The Hall–Kier alpha value is -1.89. The molecule has 2 fully saturated rings. The Labute approximate surface area is 135 Å². The molecule has 2 amide bonds. The van der Waals surface area contributed by atoms with Crippen LogP contribution in [0.2, 0.25) is 0 Å². The highest BCUT2D eigenvalue weighted by Gasteiger charge is 2.34. The molecular formula is C16H22N4O3. The maximum absolute atomic E-state index is 12.6. The lowest BCUT2D eigenvalue weighted by atomic mass is 10.2. The molecule has 0 N–H and O–H groups in total. The lowest BCUT2D eigenvalue weighted by Gasteiger charge is -2.26. The van der Waals surface area contributed by atoms with E-state index in [2.05, 4.69) is 5.10 Å². The number of fused-ring (bicyclic) bond motifs is 1. The molecule has 4 rings (SSSR count). The molecule has 1 aromatic heterocycles.